The van der Waals surface area contributed by atoms with Crippen LogP contribution in [0.25, 0.3) is 0 Å². The summed E-state index contributed by atoms with van der Waals surface area (Å²) in [7, 11) is 0. The Morgan fingerprint density at radius 1 is 1.08 bits per heavy atom. The molecule has 2 N–H and O–H groups in total. The minimum Gasteiger partial charge on any atom is -0.481 e. The van der Waals surface area contributed by atoms with Gasteiger partial charge in [-0.15, -0.1) is 0 Å². The third kappa shape index (κ3) is 12.3. The first-order valence-corrected chi connectivity index (χ1v) is 9.11. The van der Waals surface area contributed by atoms with Crippen LogP contribution in [0.4, 0.5) is 0 Å². The van der Waals surface area contributed by atoms with Crippen molar-refractivity contribution in [1.29, 1.82) is 0 Å². The molecule has 3 atom stereocenters. The van der Waals surface area contributed by atoms with Crippen LogP contribution >= 0.6 is 0 Å². The fraction of sp³-hybridized carbons (Fsp3) is 0.650. The fourth-order valence-corrected chi connectivity index (χ4v) is 2.56. The average Bonchev–Trinajstić information content (AvgIpc) is 2.55. The summed E-state index contributed by atoms with van der Waals surface area (Å²) < 4.78 is 0. The second kappa shape index (κ2) is 14.6. The molecule has 0 radical (unpaired) electrons. The summed E-state index contributed by atoms with van der Waals surface area (Å²) in [6.45, 7) is 3.55. The molecule has 0 heterocycles. The summed E-state index contributed by atoms with van der Waals surface area (Å²) in [5.74, 6) is -1.93. The van der Waals surface area contributed by atoms with Gasteiger partial charge in [0.15, 0.2) is 0 Å². The first-order chi connectivity index (χ1) is 11.9. The molecule has 0 aromatic carbocycles. The van der Waals surface area contributed by atoms with E-state index in [0.717, 1.165) is 25.5 Å². The van der Waals surface area contributed by atoms with Crippen LogP contribution < -0.4 is 0 Å². The maximum Gasteiger partial charge on any atom is 0.303 e. The van der Waals surface area contributed by atoms with Gasteiger partial charge in [-0.1, -0.05) is 50.5 Å². The van der Waals surface area contributed by atoms with Crippen LogP contribution in [0, 0.1) is 11.8 Å². The summed E-state index contributed by atoms with van der Waals surface area (Å²) >= 11 is 0. The standard InChI is InChI=1S/C20H32O5/c1-3-4-7-11-18(23)13-14-19(16(2)22)17(15-21)10-8-5-6-9-12-20(24)25/h5,8,13-15,17-19,23H,3-4,6-7,9-12H2,1-2H3,(H,24,25)/b8-5-,14-13+. The van der Waals surface area contributed by atoms with E-state index in [2.05, 4.69) is 6.92 Å². The molecule has 0 bridgehead atoms. The zero-order chi connectivity index (χ0) is 19.1. The lowest BCUT2D eigenvalue weighted by Gasteiger charge is -2.16. The van der Waals surface area contributed by atoms with Crippen molar-refractivity contribution in [3.8, 4) is 0 Å². The van der Waals surface area contributed by atoms with Crippen LogP contribution in [-0.4, -0.2) is 34.4 Å². The number of carboxylic acids is 1. The minimum absolute atomic E-state index is 0.103. The normalized spacial score (nSPS) is 15.3. The molecular weight excluding hydrogens is 320 g/mol. The number of hydrogen-bond acceptors (Lipinski definition) is 4. The van der Waals surface area contributed by atoms with Crippen LogP contribution in [0.15, 0.2) is 24.3 Å². The third-order valence-electron chi connectivity index (χ3n) is 4.09. The van der Waals surface area contributed by atoms with E-state index in [4.69, 9.17) is 5.11 Å². The molecule has 0 aromatic heterocycles. The van der Waals surface area contributed by atoms with Crippen molar-refractivity contribution >= 4 is 18.0 Å². The van der Waals surface area contributed by atoms with E-state index in [1.165, 1.54) is 6.92 Å². The van der Waals surface area contributed by atoms with Crippen LogP contribution in [0.3, 0.4) is 0 Å². The van der Waals surface area contributed by atoms with Crippen LogP contribution in [0.2, 0.25) is 0 Å². The molecule has 0 aliphatic rings. The molecule has 0 aromatic rings. The molecule has 0 saturated carbocycles. The Bertz CT molecular complexity index is 453. The van der Waals surface area contributed by atoms with Crippen LogP contribution in [0.1, 0.15) is 65.2 Å². The number of aldehydes is 1. The monoisotopic (exact) mass is 352 g/mol. The number of carbonyl (C=O) groups is 3. The van der Waals surface area contributed by atoms with E-state index in [0.29, 0.717) is 25.7 Å². The van der Waals surface area contributed by atoms with Crippen molar-refractivity contribution in [3.05, 3.63) is 24.3 Å². The molecule has 5 nitrogen and oxygen atoms in total. The van der Waals surface area contributed by atoms with Gasteiger partial charge in [-0.3, -0.25) is 9.59 Å². The SMILES string of the molecule is CCCCCC(O)/C=C/C(C(C)=O)C(C=O)C/C=C\CCCC(=O)O. The molecule has 0 amide bonds. The second-order valence-electron chi connectivity index (χ2n) is 6.38. The highest BCUT2D eigenvalue weighted by Crippen LogP contribution is 2.19. The molecule has 25 heavy (non-hydrogen) atoms. The molecule has 3 unspecified atom stereocenters. The summed E-state index contributed by atoms with van der Waals surface area (Å²) in [6.07, 6.45) is 12.6. The second-order valence-corrected chi connectivity index (χ2v) is 6.38. The zero-order valence-corrected chi connectivity index (χ0v) is 15.4. The van der Waals surface area contributed by atoms with E-state index < -0.39 is 23.9 Å². The third-order valence-corrected chi connectivity index (χ3v) is 4.09. The number of carbonyl (C=O) groups excluding carboxylic acids is 2. The number of rotatable bonds is 15. The zero-order valence-electron chi connectivity index (χ0n) is 15.4. The molecular formula is C20H32O5. The molecule has 0 saturated heterocycles. The summed E-state index contributed by atoms with van der Waals surface area (Å²) in [5, 5.41) is 18.5. The van der Waals surface area contributed by atoms with Gasteiger partial charge >= 0.3 is 5.97 Å². The predicted molar refractivity (Wildman–Crippen MR) is 98.3 cm³/mol. The molecule has 0 aliphatic heterocycles. The highest BCUT2D eigenvalue weighted by Gasteiger charge is 2.22. The van der Waals surface area contributed by atoms with Crippen molar-refractivity contribution in [2.45, 2.75) is 71.3 Å². The number of allylic oxidation sites excluding steroid dienone is 3. The molecule has 142 valence electrons. The van der Waals surface area contributed by atoms with E-state index in [1.807, 2.05) is 12.2 Å². The average molecular weight is 352 g/mol. The predicted octanol–water partition coefficient (Wildman–Crippen LogP) is 3.71. The van der Waals surface area contributed by atoms with Gasteiger partial charge in [0.2, 0.25) is 0 Å². The number of aliphatic hydroxyl groups is 1. The Hall–Kier alpha value is -1.75. The van der Waals surface area contributed by atoms with Crippen LogP contribution in [0.5, 0.6) is 0 Å². The number of aliphatic hydroxyl groups excluding tert-OH is 1. The molecule has 5 heteroatoms. The Balaban J connectivity index is 4.53. The lowest BCUT2D eigenvalue weighted by Crippen LogP contribution is -2.21. The van der Waals surface area contributed by atoms with E-state index >= 15 is 0 Å². The maximum absolute atomic E-state index is 11.8. The Labute approximate surface area is 150 Å². The number of hydrogen-bond donors (Lipinski definition) is 2. The lowest BCUT2D eigenvalue weighted by atomic mass is 9.86. The van der Waals surface area contributed by atoms with Crippen LogP contribution in [-0.2, 0) is 14.4 Å². The number of ketones is 1. The Kier molecular flexibility index (Phi) is 13.6. The van der Waals surface area contributed by atoms with Gasteiger partial charge in [0, 0.05) is 18.3 Å². The van der Waals surface area contributed by atoms with E-state index in [1.54, 1.807) is 12.2 Å². The topological polar surface area (TPSA) is 91.7 Å². The van der Waals surface area contributed by atoms with Crippen molar-refractivity contribution in [1.82, 2.24) is 0 Å². The van der Waals surface area contributed by atoms with Gasteiger partial charge in [0.1, 0.15) is 12.1 Å². The summed E-state index contributed by atoms with van der Waals surface area (Å²) in [5.41, 5.74) is 0. The summed E-state index contributed by atoms with van der Waals surface area (Å²) in [6, 6.07) is 0. The first kappa shape index (κ1) is 23.2. The number of unbranched alkanes of at least 4 members (excludes halogenated alkanes) is 3. The van der Waals surface area contributed by atoms with Gasteiger partial charge in [-0.2, -0.15) is 0 Å². The fourth-order valence-electron chi connectivity index (χ4n) is 2.56. The Morgan fingerprint density at radius 3 is 2.36 bits per heavy atom. The van der Waals surface area contributed by atoms with Crippen molar-refractivity contribution in [3.63, 3.8) is 0 Å². The van der Waals surface area contributed by atoms with Gasteiger partial charge in [0.05, 0.1) is 6.10 Å². The minimum atomic E-state index is -0.821. The highest BCUT2D eigenvalue weighted by molar-refractivity contribution is 5.83. The van der Waals surface area contributed by atoms with Crippen molar-refractivity contribution in [2.75, 3.05) is 0 Å². The Morgan fingerprint density at radius 2 is 1.80 bits per heavy atom. The number of Topliss-reactive ketones (excluding diaryl/α,β-unsaturated/α-hetero) is 1. The molecule has 0 rings (SSSR count). The van der Waals surface area contributed by atoms with Gasteiger partial charge in [-0.05, 0) is 32.6 Å². The smallest absolute Gasteiger partial charge is 0.303 e. The lowest BCUT2D eigenvalue weighted by molar-refractivity contribution is -0.137. The van der Waals surface area contributed by atoms with E-state index in [9.17, 15) is 19.5 Å². The quantitative estimate of drug-likeness (QED) is 0.266. The van der Waals surface area contributed by atoms with Crippen molar-refractivity contribution in [2.24, 2.45) is 11.8 Å². The largest absolute Gasteiger partial charge is 0.481 e. The van der Waals surface area contributed by atoms with Crippen molar-refractivity contribution < 1.29 is 24.6 Å². The first-order valence-electron chi connectivity index (χ1n) is 9.11. The molecule has 0 fully saturated rings. The van der Waals surface area contributed by atoms with Gasteiger partial charge in [0.25, 0.3) is 0 Å². The highest BCUT2D eigenvalue weighted by atomic mass is 16.4. The number of aliphatic carboxylic acids is 1. The number of carboxylic acid groups (broad SMARTS) is 1. The van der Waals surface area contributed by atoms with Gasteiger partial charge in [-0.25, -0.2) is 0 Å². The molecule has 0 aliphatic carbocycles. The summed E-state index contributed by atoms with van der Waals surface area (Å²) in [4.78, 5) is 33.6. The van der Waals surface area contributed by atoms with E-state index in [-0.39, 0.29) is 12.2 Å². The molecule has 0 spiro atoms. The van der Waals surface area contributed by atoms with Gasteiger partial charge < -0.3 is 15.0 Å². The maximum atomic E-state index is 11.8.